The number of hydrogen-bond donors (Lipinski definition) is 1. The molecule has 0 saturated carbocycles. The standard InChI is InChI=1S/C24H28N4O.C16H12N2O2.C14H22N2/c1-26(24(29)28-18-23(25-19-28)21-10-6-3-7-11-21)22-13-16-27(17-14-22)15-12-20-8-4-2-5-9-20;19-16(20-14-9-5-2-6-10-14)18-11-15(17-12-18)13-7-3-1-4-8-13;1-15-14-8-11-16(12-9-14)10-7-13-5-3-2-4-6-13/h2-11,18-19,22H,12-17H2,1H3;1-12H;2-6,14-15H,7-12H2,1H3. The number of carbonyl (C=O) groups excluding carboxylic acids is 2. The summed E-state index contributed by atoms with van der Waals surface area (Å²) in [6, 6.07) is 51.0. The van der Waals surface area contributed by atoms with Crippen LogP contribution >= 0.6 is 0 Å². The maximum atomic E-state index is 12.9. The van der Waals surface area contributed by atoms with Crippen molar-refractivity contribution in [2.75, 3.05) is 53.4 Å². The van der Waals surface area contributed by atoms with Gasteiger partial charge in [-0.1, -0.05) is 140 Å². The van der Waals surface area contributed by atoms with E-state index in [9.17, 15) is 9.59 Å². The molecule has 5 aromatic carbocycles. The Balaban J connectivity index is 0.000000153. The molecule has 2 aliphatic rings. The maximum Gasteiger partial charge on any atom is 0.424 e. The quantitative estimate of drug-likeness (QED) is 0.137. The minimum atomic E-state index is -0.481. The zero-order valence-electron chi connectivity index (χ0n) is 37.7. The minimum Gasteiger partial charge on any atom is -0.410 e. The fourth-order valence-corrected chi connectivity index (χ4v) is 8.19. The Labute approximate surface area is 384 Å². The molecule has 2 aromatic heterocycles. The fraction of sp³-hybridized carbons (Fsp3) is 0.296. The third-order valence-corrected chi connectivity index (χ3v) is 12.2. The SMILES string of the molecule is CN(C(=O)n1cnc(-c2ccccc2)c1)C1CCN(CCc2ccccc2)CC1.CNC1CCN(CCc2ccccc2)CC1.O=C(Oc1ccccc1)n1cnc(-c2ccccc2)c1. The Bertz CT molecular complexity index is 2430. The van der Waals surface area contributed by atoms with Crippen molar-refractivity contribution in [1.82, 2.24) is 39.1 Å². The summed E-state index contributed by atoms with van der Waals surface area (Å²) >= 11 is 0. The molecule has 1 N–H and O–H groups in total. The highest BCUT2D eigenvalue weighted by atomic mass is 16.6. The van der Waals surface area contributed by atoms with Crippen LogP contribution in [-0.4, -0.2) is 111 Å². The summed E-state index contributed by atoms with van der Waals surface area (Å²) in [5.41, 5.74) is 6.38. The molecule has 0 aliphatic carbocycles. The van der Waals surface area contributed by atoms with Gasteiger partial charge in [0.2, 0.25) is 0 Å². The van der Waals surface area contributed by atoms with Crippen LogP contribution in [0.2, 0.25) is 0 Å². The van der Waals surface area contributed by atoms with E-state index in [4.69, 9.17) is 4.74 Å². The number of aromatic nitrogens is 4. The van der Waals surface area contributed by atoms with E-state index in [2.05, 4.69) is 92.8 Å². The minimum absolute atomic E-state index is 0.0117. The molecule has 0 spiro atoms. The number of nitrogens with one attached hydrogen (secondary N) is 1. The lowest BCUT2D eigenvalue weighted by molar-refractivity contribution is 0.136. The van der Waals surface area contributed by atoms with Gasteiger partial charge in [0.25, 0.3) is 0 Å². The second-order valence-electron chi connectivity index (χ2n) is 16.6. The van der Waals surface area contributed by atoms with E-state index in [1.807, 2.05) is 97.0 Å². The number of amides is 1. The monoisotopic (exact) mass is 870 g/mol. The molecule has 0 radical (unpaired) electrons. The van der Waals surface area contributed by atoms with Crippen LogP contribution in [0.5, 0.6) is 5.75 Å². The van der Waals surface area contributed by atoms with Crippen LogP contribution in [0.15, 0.2) is 177 Å². The number of carbonyl (C=O) groups is 2. The van der Waals surface area contributed by atoms with Gasteiger partial charge in [-0.25, -0.2) is 24.1 Å². The number of hydrogen-bond acceptors (Lipinski definition) is 8. The van der Waals surface area contributed by atoms with Gasteiger partial charge in [-0.05, 0) is 81.9 Å². The summed E-state index contributed by atoms with van der Waals surface area (Å²) in [4.78, 5) is 40.5. The molecule has 1 amide bonds. The first-order valence-corrected chi connectivity index (χ1v) is 22.8. The molecule has 9 rings (SSSR count). The normalized spacial score (nSPS) is 14.6. The molecule has 336 valence electrons. The summed E-state index contributed by atoms with van der Waals surface area (Å²) in [5, 5.41) is 3.37. The largest absolute Gasteiger partial charge is 0.424 e. The lowest BCUT2D eigenvalue weighted by Crippen LogP contribution is -2.47. The van der Waals surface area contributed by atoms with E-state index in [-0.39, 0.29) is 12.1 Å². The fourth-order valence-electron chi connectivity index (χ4n) is 8.19. The summed E-state index contributed by atoms with van der Waals surface area (Å²) in [6.45, 7) is 6.86. The average molecular weight is 871 g/mol. The number of likely N-dealkylation sites (tertiary alicyclic amines) is 2. The third-order valence-electron chi connectivity index (χ3n) is 12.2. The van der Waals surface area contributed by atoms with Crippen molar-refractivity contribution < 1.29 is 14.3 Å². The van der Waals surface area contributed by atoms with Gasteiger partial charge >= 0.3 is 12.1 Å². The van der Waals surface area contributed by atoms with Crippen LogP contribution in [-0.2, 0) is 12.8 Å². The molecule has 7 aromatic rings. The molecule has 4 heterocycles. The molecule has 0 bridgehead atoms. The van der Waals surface area contributed by atoms with Crippen molar-refractivity contribution in [1.29, 1.82) is 0 Å². The van der Waals surface area contributed by atoms with Crippen LogP contribution in [0.4, 0.5) is 9.59 Å². The van der Waals surface area contributed by atoms with Gasteiger partial charge < -0.3 is 24.8 Å². The number of nitrogens with zero attached hydrogens (tertiary/aromatic N) is 7. The van der Waals surface area contributed by atoms with E-state index < -0.39 is 6.09 Å². The number of imidazole rings is 2. The van der Waals surface area contributed by atoms with Crippen molar-refractivity contribution in [3.8, 4) is 28.3 Å². The Morgan fingerprint density at radius 3 is 1.48 bits per heavy atom. The van der Waals surface area contributed by atoms with Gasteiger partial charge in [0.05, 0.1) is 11.4 Å². The zero-order chi connectivity index (χ0) is 45.1. The van der Waals surface area contributed by atoms with Crippen LogP contribution in [0.25, 0.3) is 22.5 Å². The summed E-state index contributed by atoms with van der Waals surface area (Å²) in [5.74, 6) is 0.507. The summed E-state index contributed by atoms with van der Waals surface area (Å²) in [7, 11) is 3.99. The molecule has 11 nitrogen and oxygen atoms in total. The lowest BCUT2D eigenvalue weighted by Gasteiger charge is -2.36. The average Bonchev–Trinajstić information content (AvgIpc) is 4.09. The van der Waals surface area contributed by atoms with Crippen molar-refractivity contribution >= 4 is 12.1 Å². The topological polar surface area (TPSA) is 101 Å². The van der Waals surface area contributed by atoms with E-state index >= 15 is 0 Å². The Morgan fingerprint density at radius 2 is 1.00 bits per heavy atom. The predicted molar refractivity (Wildman–Crippen MR) is 260 cm³/mol. The number of para-hydroxylation sites is 1. The van der Waals surface area contributed by atoms with E-state index in [0.29, 0.717) is 5.75 Å². The number of rotatable bonds is 11. The van der Waals surface area contributed by atoms with Crippen LogP contribution in [0, 0.1) is 0 Å². The van der Waals surface area contributed by atoms with Gasteiger partial charge in [-0.3, -0.25) is 4.57 Å². The van der Waals surface area contributed by atoms with Crippen LogP contribution in [0.1, 0.15) is 36.8 Å². The van der Waals surface area contributed by atoms with Crippen molar-refractivity contribution in [2.24, 2.45) is 0 Å². The van der Waals surface area contributed by atoms with Gasteiger partial charge in [0.1, 0.15) is 18.4 Å². The predicted octanol–water partition coefficient (Wildman–Crippen LogP) is 9.67. The first-order valence-electron chi connectivity index (χ1n) is 22.8. The number of benzene rings is 5. The molecule has 2 aliphatic heterocycles. The van der Waals surface area contributed by atoms with Crippen LogP contribution < -0.4 is 10.1 Å². The molecule has 65 heavy (non-hydrogen) atoms. The summed E-state index contributed by atoms with van der Waals surface area (Å²) < 4.78 is 8.16. The Kier molecular flexibility index (Phi) is 17.4. The van der Waals surface area contributed by atoms with Gasteiger partial charge in [-0.2, -0.15) is 0 Å². The smallest absolute Gasteiger partial charge is 0.410 e. The third kappa shape index (κ3) is 14.2. The van der Waals surface area contributed by atoms with E-state index in [1.54, 1.807) is 29.2 Å². The van der Waals surface area contributed by atoms with Crippen molar-refractivity contribution in [3.05, 3.63) is 188 Å². The van der Waals surface area contributed by atoms with E-state index in [0.717, 1.165) is 67.5 Å². The molecular weight excluding hydrogens is 809 g/mol. The maximum absolute atomic E-state index is 12.9. The van der Waals surface area contributed by atoms with Gasteiger partial charge in [0, 0.05) is 68.8 Å². The number of ether oxygens (including phenoxy) is 1. The highest BCUT2D eigenvalue weighted by Crippen LogP contribution is 2.21. The Hall–Kier alpha value is -6.66. The van der Waals surface area contributed by atoms with Crippen molar-refractivity contribution in [3.63, 3.8) is 0 Å². The lowest BCUT2D eigenvalue weighted by atomic mass is 10.0. The molecular formula is C54H62N8O3. The highest BCUT2D eigenvalue weighted by molar-refractivity contribution is 5.78. The van der Waals surface area contributed by atoms with E-state index in [1.165, 1.54) is 60.9 Å². The summed E-state index contributed by atoms with van der Waals surface area (Å²) in [6.07, 6.45) is 13.0. The molecule has 2 saturated heterocycles. The van der Waals surface area contributed by atoms with Crippen molar-refractivity contribution in [2.45, 2.75) is 50.6 Å². The molecule has 11 heteroatoms. The zero-order valence-corrected chi connectivity index (χ0v) is 37.7. The molecule has 0 atom stereocenters. The Morgan fingerprint density at radius 1 is 0.585 bits per heavy atom. The second-order valence-corrected chi connectivity index (χ2v) is 16.6. The highest BCUT2D eigenvalue weighted by Gasteiger charge is 2.26. The molecule has 2 fully saturated rings. The van der Waals surface area contributed by atoms with Gasteiger partial charge in [-0.15, -0.1) is 0 Å². The van der Waals surface area contributed by atoms with Crippen LogP contribution in [0.3, 0.4) is 0 Å². The van der Waals surface area contributed by atoms with Gasteiger partial charge in [0.15, 0.2) is 0 Å². The number of piperidine rings is 2. The first-order chi connectivity index (χ1) is 31.9. The second kappa shape index (κ2) is 24.4. The molecule has 0 unspecified atom stereocenters. The first kappa shape index (κ1) is 46.3.